The summed E-state index contributed by atoms with van der Waals surface area (Å²) in [4.78, 5) is 36.2. The van der Waals surface area contributed by atoms with Crippen molar-refractivity contribution in [2.45, 2.75) is 13.3 Å². The Morgan fingerprint density at radius 3 is 2.52 bits per heavy atom. The predicted octanol–water partition coefficient (Wildman–Crippen LogP) is 2.41. The van der Waals surface area contributed by atoms with Crippen molar-refractivity contribution in [1.82, 2.24) is 5.43 Å². The molecule has 2 aromatic rings. The van der Waals surface area contributed by atoms with Crippen LogP contribution in [0.15, 0.2) is 53.6 Å². The number of hydrazone groups is 1. The van der Waals surface area contributed by atoms with Crippen molar-refractivity contribution in [1.29, 1.82) is 0 Å². The van der Waals surface area contributed by atoms with Gasteiger partial charge >= 0.3 is 0 Å². The van der Waals surface area contributed by atoms with E-state index in [2.05, 4.69) is 10.5 Å². The SMILES string of the molecule is Cc1ccc(N2C[C@H](C(=O)N/N=C\c3ccc([N+](=O)[O-])cc3)CC2=O)cc1. The molecule has 3 rings (SSSR count). The van der Waals surface area contributed by atoms with Crippen LogP contribution in [0, 0.1) is 23.0 Å². The first-order chi connectivity index (χ1) is 12.9. The van der Waals surface area contributed by atoms with Gasteiger partial charge in [-0.05, 0) is 36.8 Å². The first-order valence-corrected chi connectivity index (χ1v) is 8.38. The number of amides is 2. The minimum atomic E-state index is -0.487. The van der Waals surface area contributed by atoms with Crippen LogP contribution in [0.3, 0.4) is 0 Å². The molecule has 1 saturated heterocycles. The van der Waals surface area contributed by atoms with Crippen LogP contribution in [-0.4, -0.2) is 29.5 Å². The Balaban J connectivity index is 1.57. The number of benzene rings is 2. The minimum absolute atomic E-state index is 0.0168. The minimum Gasteiger partial charge on any atom is -0.312 e. The van der Waals surface area contributed by atoms with Crippen LogP contribution in [0.25, 0.3) is 0 Å². The van der Waals surface area contributed by atoms with Crippen molar-refractivity contribution in [3.8, 4) is 0 Å². The molecule has 0 bridgehead atoms. The lowest BCUT2D eigenvalue weighted by Gasteiger charge is -2.16. The summed E-state index contributed by atoms with van der Waals surface area (Å²) < 4.78 is 0. The fraction of sp³-hybridized carbons (Fsp3) is 0.211. The number of anilines is 1. The Bertz CT molecular complexity index is 891. The average molecular weight is 366 g/mol. The van der Waals surface area contributed by atoms with Crippen molar-refractivity contribution in [3.63, 3.8) is 0 Å². The Hall–Kier alpha value is -3.55. The van der Waals surface area contributed by atoms with Crippen molar-refractivity contribution in [2.24, 2.45) is 11.0 Å². The first kappa shape index (κ1) is 18.2. The van der Waals surface area contributed by atoms with Crippen molar-refractivity contribution >= 4 is 29.4 Å². The van der Waals surface area contributed by atoms with Crippen LogP contribution in [0.1, 0.15) is 17.5 Å². The van der Waals surface area contributed by atoms with Gasteiger partial charge in [-0.15, -0.1) is 0 Å². The number of carbonyl (C=O) groups excluding carboxylic acids is 2. The quantitative estimate of drug-likeness (QED) is 0.498. The van der Waals surface area contributed by atoms with Crippen LogP contribution in [-0.2, 0) is 9.59 Å². The number of carbonyl (C=O) groups is 2. The largest absolute Gasteiger partial charge is 0.312 e. The van der Waals surface area contributed by atoms with E-state index in [9.17, 15) is 19.7 Å². The molecule has 1 aliphatic rings. The maximum atomic E-state index is 12.3. The molecular formula is C19H18N4O4. The Kier molecular flexibility index (Phi) is 5.25. The number of nitro benzene ring substituents is 1. The Labute approximate surface area is 155 Å². The molecule has 1 fully saturated rings. The molecule has 0 aliphatic carbocycles. The normalized spacial score (nSPS) is 16.7. The zero-order chi connectivity index (χ0) is 19.4. The summed E-state index contributed by atoms with van der Waals surface area (Å²) in [6.07, 6.45) is 1.53. The molecule has 0 unspecified atom stereocenters. The second-order valence-corrected chi connectivity index (χ2v) is 6.32. The van der Waals surface area contributed by atoms with Crippen molar-refractivity contribution < 1.29 is 14.5 Å². The third-order valence-corrected chi connectivity index (χ3v) is 4.33. The molecule has 8 heteroatoms. The number of nitro groups is 1. The lowest BCUT2D eigenvalue weighted by molar-refractivity contribution is -0.384. The monoisotopic (exact) mass is 366 g/mol. The number of nitrogens with zero attached hydrogens (tertiary/aromatic N) is 3. The third-order valence-electron chi connectivity index (χ3n) is 4.33. The third kappa shape index (κ3) is 4.35. The van der Waals surface area contributed by atoms with Gasteiger partial charge in [-0.25, -0.2) is 5.43 Å². The van der Waals surface area contributed by atoms with E-state index in [1.54, 1.807) is 4.90 Å². The molecule has 1 aliphatic heterocycles. The standard InChI is InChI=1S/C19H18N4O4/c1-13-2-6-16(7-3-13)22-12-15(10-18(22)24)19(25)21-20-11-14-4-8-17(9-5-14)23(26)27/h2-9,11,15H,10,12H2,1H3,(H,21,25)/b20-11-/t15-/m1/s1. The van der Waals surface area contributed by atoms with Crippen LogP contribution in [0.5, 0.6) is 0 Å². The second kappa shape index (κ2) is 7.77. The van der Waals surface area contributed by atoms with Gasteiger partial charge in [0.2, 0.25) is 11.8 Å². The number of nitrogens with one attached hydrogen (secondary N) is 1. The maximum Gasteiger partial charge on any atom is 0.269 e. The summed E-state index contributed by atoms with van der Waals surface area (Å²) in [5.74, 6) is -0.915. The van der Waals surface area contributed by atoms with E-state index >= 15 is 0 Å². The number of rotatable bonds is 5. The highest BCUT2D eigenvalue weighted by molar-refractivity contribution is 6.00. The first-order valence-electron chi connectivity index (χ1n) is 8.38. The summed E-state index contributed by atoms with van der Waals surface area (Å²) in [5, 5.41) is 14.5. The molecule has 2 amide bonds. The van der Waals surface area contributed by atoms with Gasteiger partial charge in [-0.3, -0.25) is 19.7 Å². The van der Waals surface area contributed by atoms with Gasteiger partial charge in [0, 0.05) is 30.8 Å². The molecule has 1 heterocycles. The van der Waals surface area contributed by atoms with Gasteiger partial charge in [0.1, 0.15) is 0 Å². The summed E-state index contributed by atoms with van der Waals surface area (Å²) in [5.41, 5.74) is 4.90. The molecule has 0 spiro atoms. The van der Waals surface area contributed by atoms with Gasteiger partial charge in [0.05, 0.1) is 17.1 Å². The molecule has 1 atom stereocenters. The highest BCUT2D eigenvalue weighted by atomic mass is 16.6. The second-order valence-electron chi connectivity index (χ2n) is 6.32. The average Bonchev–Trinajstić information content (AvgIpc) is 3.04. The van der Waals surface area contributed by atoms with Gasteiger partial charge in [-0.1, -0.05) is 17.7 Å². The van der Waals surface area contributed by atoms with Crippen molar-refractivity contribution in [2.75, 3.05) is 11.4 Å². The van der Waals surface area contributed by atoms with E-state index in [1.807, 2.05) is 31.2 Å². The maximum absolute atomic E-state index is 12.3. The van der Waals surface area contributed by atoms with Crippen LogP contribution in [0.2, 0.25) is 0 Å². The van der Waals surface area contributed by atoms with E-state index < -0.39 is 10.8 Å². The van der Waals surface area contributed by atoms with E-state index in [0.717, 1.165) is 11.3 Å². The molecule has 1 N–H and O–H groups in total. The Morgan fingerprint density at radius 1 is 1.22 bits per heavy atom. The number of aryl methyl sites for hydroxylation is 1. The van der Waals surface area contributed by atoms with Gasteiger partial charge in [0.25, 0.3) is 5.69 Å². The number of hydrogen-bond acceptors (Lipinski definition) is 5. The van der Waals surface area contributed by atoms with Crippen LogP contribution < -0.4 is 10.3 Å². The number of hydrogen-bond donors (Lipinski definition) is 1. The fourth-order valence-corrected chi connectivity index (χ4v) is 2.80. The van der Waals surface area contributed by atoms with E-state index in [0.29, 0.717) is 12.1 Å². The smallest absolute Gasteiger partial charge is 0.269 e. The van der Waals surface area contributed by atoms with Gasteiger partial charge in [0.15, 0.2) is 0 Å². The topological polar surface area (TPSA) is 105 Å². The molecule has 138 valence electrons. The lowest BCUT2D eigenvalue weighted by atomic mass is 10.1. The fourth-order valence-electron chi connectivity index (χ4n) is 2.80. The highest BCUT2D eigenvalue weighted by Crippen LogP contribution is 2.25. The molecule has 0 saturated carbocycles. The molecular weight excluding hydrogens is 348 g/mol. The Morgan fingerprint density at radius 2 is 1.89 bits per heavy atom. The number of non-ortho nitro benzene ring substituents is 1. The summed E-state index contributed by atoms with van der Waals surface area (Å²) in [6, 6.07) is 13.4. The van der Waals surface area contributed by atoms with E-state index in [4.69, 9.17) is 0 Å². The van der Waals surface area contributed by atoms with Gasteiger partial charge in [-0.2, -0.15) is 5.10 Å². The molecule has 27 heavy (non-hydrogen) atoms. The van der Waals surface area contributed by atoms with E-state index in [1.165, 1.54) is 30.5 Å². The van der Waals surface area contributed by atoms with E-state index in [-0.39, 0.29) is 23.9 Å². The zero-order valence-electron chi connectivity index (χ0n) is 14.7. The summed E-state index contributed by atoms with van der Waals surface area (Å²) >= 11 is 0. The summed E-state index contributed by atoms with van der Waals surface area (Å²) in [7, 11) is 0. The zero-order valence-corrected chi connectivity index (χ0v) is 14.7. The molecule has 2 aromatic carbocycles. The van der Waals surface area contributed by atoms with Crippen LogP contribution in [0.4, 0.5) is 11.4 Å². The predicted molar refractivity (Wildman–Crippen MR) is 100 cm³/mol. The van der Waals surface area contributed by atoms with Crippen LogP contribution >= 0.6 is 0 Å². The molecule has 0 radical (unpaired) electrons. The highest BCUT2D eigenvalue weighted by Gasteiger charge is 2.35. The summed E-state index contributed by atoms with van der Waals surface area (Å²) in [6.45, 7) is 2.27. The molecule has 8 nitrogen and oxygen atoms in total. The van der Waals surface area contributed by atoms with Crippen molar-refractivity contribution in [3.05, 3.63) is 69.8 Å². The molecule has 0 aromatic heterocycles. The van der Waals surface area contributed by atoms with Gasteiger partial charge < -0.3 is 4.90 Å². The lowest BCUT2D eigenvalue weighted by Crippen LogP contribution is -2.30.